The zero-order valence-electron chi connectivity index (χ0n) is 9.24. The van der Waals surface area contributed by atoms with Crippen LogP contribution in [0.4, 0.5) is 0 Å². The molecule has 0 aliphatic heterocycles. The summed E-state index contributed by atoms with van der Waals surface area (Å²) in [5, 5.41) is 10.0. The number of hydrogen-bond acceptors (Lipinski definition) is 3. The smallest absolute Gasteiger partial charge is 0.257 e. The van der Waals surface area contributed by atoms with Crippen molar-refractivity contribution in [1.29, 1.82) is 0 Å². The first kappa shape index (κ1) is 13.2. The first-order valence-electron chi connectivity index (χ1n) is 4.79. The summed E-state index contributed by atoms with van der Waals surface area (Å²) in [7, 11) is 1.71. The number of amides is 1. The monoisotopic (exact) mass is 259 g/mol. The molecule has 3 nitrogen and oxygen atoms in total. The van der Waals surface area contributed by atoms with Gasteiger partial charge >= 0.3 is 0 Å². The van der Waals surface area contributed by atoms with Crippen LogP contribution in [0.2, 0.25) is 5.02 Å². The highest BCUT2D eigenvalue weighted by molar-refractivity contribution is 7.98. The summed E-state index contributed by atoms with van der Waals surface area (Å²) in [6, 6.07) is 4.50. The SMILES string of the molecule is CSCCN(C)C(=O)c1ccc(Cl)cc1O. The number of thioether (sulfide) groups is 1. The zero-order valence-corrected chi connectivity index (χ0v) is 10.8. The lowest BCUT2D eigenvalue weighted by Crippen LogP contribution is -2.28. The normalized spacial score (nSPS) is 10.2. The minimum Gasteiger partial charge on any atom is -0.507 e. The van der Waals surface area contributed by atoms with Crippen LogP contribution in [-0.2, 0) is 0 Å². The fraction of sp³-hybridized carbons (Fsp3) is 0.364. The third-order valence-corrected chi connectivity index (χ3v) is 2.99. The van der Waals surface area contributed by atoms with E-state index >= 15 is 0 Å². The molecule has 0 unspecified atom stereocenters. The van der Waals surface area contributed by atoms with Crippen LogP contribution >= 0.6 is 23.4 Å². The number of nitrogens with zero attached hydrogens (tertiary/aromatic N) is 1. The van der Waals surface area contributed by atoms with Crippen molar-refractivity contribution in [3.05, 3.63) is 28.8 Å². The Bertz CT molecular complexity index is 384. The number of phenolic OH excluding ortho intramolecular Hbond substituents is 1. The van der Waals surface area contributed by atoms with E-state index < -0.39 is 0 Å². The van der Waals surface area contributed by atoms with E-state index in [0.29, 0.717) is 11.6 Å². The molecular formula is C11H14ClNO2S. The molecule has 5 heteroatoms. The fourth-order valence-corrected chi connectivity index (χ4v) is 1.84. The second-order valence-electron chi connectivity index (χ2n) is 3.38. The molecule has 1 N–H and O–H groups in total. The van der Waals surface area contributed by atoms with Crippen LogP contribution in [0.3, 0.4) is 0 Å². The van der Waals surface area contributed by atoms with E-state index in [1.165, 1.54) is 12.1 Å². The average molecular weight is 260 g/mol. The highest BCUT2D eigenvalue weighted by Crippen LogP contribution is 2.22. The van der Waals surface area contributed by atoms with Crippen molar-refractivity contribution < 1.29 is 9.90 Å². The van der Waals surface area contributed by atoms with E-state index in [-0.39, 0.29) is 17.2 Å². The van der Waals surface area contributed by atoms with Crippen molar-refractivity contribution in [3.8, 4) is 5.75 Å². The van der Waals surface area contributed by atoms with Gasteiger partial charge in [-0.05, 0) is 24.5 Å². The zero-order chi connectivity index (χ0) is 12.1. The number of hydrogen-bond donors (Lipinski definition) is 1. The van der Waals surface area contributed by atoms with Gasteiger partial charge < -0.3 is 10.0 Å². The summed E-state index contributed by atoms with van der Waals surface area (Å²) in [5.41, 5.74) is 0.285. The Labute approximate surface area is 104 Å². The van der Waals surface area contributed by atoms with Gasteiger partial charge in [0.15, 0.2) is 0 Å². The van der Waals surface area contributed by atoms with E-state index in [1.807, 2.05) is 6.26 Å². The minimum absolute atomic E-state index is 0.0755. The molecule has 1 aromatic carbocycles. The first-order chi connectivity index (χ1) is 7.56. The summed E-state index contributed by atoms with van der Waals surface area (Å²) in [6.07, 6.45) is 1.98. The molecule has 0 spiro atoms. The molecule has 1 amide bonds. The quantitative estimate of drug-likeness (QED) is 0.903. The summed E-state index contributed by atoms with van der Waals surface area (Å²) in [5.74, 6) is 0.605. The topological polar surface area (TPSA) is 40.5 Å². The maximum absolute atomic E-state index is 11.9. The van der Waals surface area contributed by atoms with Crippen LogP contribution in [0.25, 0.3) is 0 Å². The standard InChI is InChI=1S/C11H14ClNO2S/c1-13(5-6-16-2)11(15)9-4-3-8(12)7-10(9)14/h3-4,7,14H,5-6H2,1-2H3. The van der Waals surface area contributed by atoms with E-state index in [2.05, 4.69) is 0 Å². The Hall–Kier alpha value is -0.870. The van der Waals surface area contributed by atoms with Crippen LogP contribution in [0, 0.1) is 0 Å². The molecule has 0 fully saturated rings. The van der Waals surface area contributed by atoms with Crippen LogP contribution in [-0.4, -0.2) is 41.5 Å². The van der Waals surface area contributed by atoms with Gasteiger partial charge in [0, 0.05) is 24.4 Å². The van der Waals surface area contributed by atoms with Gasteiger partial charge in [-0.3, -0.25) is 4.79 Å². The largest absolute Gasteiger partial charge is 0.507 e. The summed E-state index contributed by atoms with van der Waals surface area (Å²) < 4.78 is 0. The molecular weight excluding hydrogens is 246 g/mol. The van der Waals surface area contributed by atoms with Gasteiger partial charge in [0.05, 0.1) is 5.56 Å². The van der Waals surface area contributed by atoms with E-state index in [4.69, 9.17) is 11.6 Å². The number of carbonyl (C=O) groups is 1. The molecule has 0 aliphatic rings. The molecule has 0 heterocycles. The molecule has 0 aromatic heterocycles. The van der Waals surface area contributed by atoms with Crippen molar-refractivity contribution in [2.75, 3.05) is 25.6 Å². The fourth-order valence-electron chi connectivity index (χ4n) is 1.22. The van der Waals surface area contributed by atoms with Crippen molar-refractivity contribution in [2.45, 2.75) is 0 Å². The van der Waals surface area contributed by atoms with Gasteiger partial charge in [-0.25, -0.2) is 0 Å². The molecule has 1 aromatic rings. The first-order valence-corrected chi connectivity index (χ1v) is 6.56. The number of benzene rings is 1. The summed E-state index contributed by atoms with van der Waals surface area (Å²) >= 11 is 7.37. The number of carbonyl (C=O) groups excluding carboxylic acids is 1. The highest BCUT2D eigenvalue weighted by atomic mass is 35.5. The van der Waals surface area contributed by atoms with Crippen LogP contribution in [0.1, 0.15) is 10.4 Å². The molecule has 0 aliphatic carbocycles. The van der Waals surface area contributed by atoms with Gasteiger partial charge in [-0.1, -0.05) is 11.6 Å². The second kappa shape index (κ2) is 6.01. The maximum Gasteiger partial charge on any atom is 0.257 e. The Balaban J connectivity index is 2.79. The molecule has 0 atom stereocenters. The van der Waals surface area contributed by atoms with Crippen molar-refractivity contribution in [1.82, 2.24) is 4.90 Å². The lowest BCUT2D eigenvalue weighted by molar-refractivity contribution is 0.0801. The Morgan fingerprint density at radius 1 is 1.56 bits per heavy atom. The van der Waals surface area contributed by atoms with Gasteiger partial charge in [0.25, 0.3) is 5.91 Å². The Morgan fingerprint density at radius 2 is 2.25 bits per heavy atom. The molecule has 0 bridgehead atoms. The molecule has 1 rings (SSSR count). The molecule has 88 valence electrons. The number of phenols is 1. The lowest BCUT2D eigenvalue weighted by Gasteiger charge is -2.17. The number of rotatable bonds is 4. The van der Waals surface area contributed by atoms with E-state index in [9.17, 15) is 9.90 Å². The molecule has 0 saturated carbocycles. The van der Waals surface area contributed by atoms with Gasteiger partial charge in [0.2, 0.25) is 0 Å². The number of aromatic hydroxyl groups is 1. The maximum atomic E-state index is 11.9. The molecule has 0 saturated heterocycles. The average Bonchev–Trinajstić information content (AvgIpc) is 2.25. The summed E-state index contributed by atoms with van der Waals surface area (Å²) in [4.78, 5) is 13.5. The van der Waals surface area contributed by atoms with E-state index in [1.54, 1.807) is 29.8 Å². The van der Waals surface area contributed by atoms with Gasteiger partial charge in [0.1, 0.15) is 5.75 Å². The van der Waals surface area contributed by atoms with Crippen molar-refractivity contribution in [3.63, 3.8) is 0 Å². The third kappa shape index (κ3) is 3.32. The van der Waals surface area contributed by atoms with Gasteiger partial charge in [-0.15, -0.1) is 0 Å². The predicted molar refractivity (Wildman–Crippen MR) is 68.5 cm³/mol. The van der Waals surface area contributed by atoms with Crippen molar-refractivity contribution >= 4 is 29.3 Å². The summed E-state index contributed by atoms with van der Waals surface area (Å²) in [6.45, 7) is 0.655. The lowest BCUT2D eigenvalue weighted by atomic mass is 10.2. The van der Waals surface area contributed by atoms with Gasteiger partial charge in [-0.2, -0.15) is 11.8 Å². The molecule has 0 radical (unpaired) electrons. The second-order valence-corrected chi connectivity index (χ2v) is 4.80. The van der Waals surface area contributed by atoms with Crippen LogP contribution < -0.4 is 0 Å². The minimum atomic E-state index is -0.191. The third-order valence-electron chi connectivity index (χ3n) is 2.17. The van der Waals surface area contributed by atoms with Crippen LogP contribution in [0.5, 0.6) is 5.75 Å². The molecule has 16 heavy (non-hydrogen) atoms. The Morgan fingerprint density at radius 3 is 2.81 bits per heavy atom. The van der Waals surface area contributed by atoms with Crippen LogP contribution in [0.15, 0.2) is 18.2 Å². The Kier molecular flexibility index (Phi) is 4.96. The van der Waals surface area contributed by atoms with Crippen molar-refractivity contribution in [2.24, 2.45) is 0 Å². The predicted octanol–water partition coefficient (Wildman–Crippen LogP) is 2.48. The highest BCUT2D eigenvalue weighted by Gasteiger charge is 2.15. The number of halogens is 1. The van der Waals surface area contributed by atoms with E-state index in [0.717, 1.165) is 5.75 Å².